The highest BCUT2D eigenvalue weighted by atomic mass is 16.3. The largest absolute Gasteiger partial charge is 0.394 e. The van der Waals surface area contributed by atoms with Gasteiger partial charge in [-0.15, -0.1) is 0 Å². The lowest BCUT2D eigenvalue weighted by Gasteiger charge is -2.15. The Morgan fingerprint density at radius 3 is 2.64 bits per heavy atom. The lowest BCUT2D eigenvalue weighted by molar-refractivity contribution is 0.266. The zero-order valence-corrected chi connectivity index (χ0v) is 8.54. The molecule has 4 nitrogen and oxygen atoms in total. The average molecular weight is 193 g/mol. The first-order valence-electron chi connectivity index (χ1n) is 4.85. The quantitative estimate of drug-likeness (QED) is 0.752. The van der Waals surface area contributed by atoms with Crippen molar-refractivity contribution >= 4 is 5.82 Å². The van der Waals surface area contributed by atoms with Gasteiger partial charge in [-0.25, -0.2) is 9.97 Å². The van der Waals surface area contributed by atoms with Gasteiger partial charge in [-0.1, -0.05) is 0 Å². The van der Waals surface area contributed by atoms with Gasteiger partial charge < -0.3 is 10.4 Å². The van der Waals surface area contributed by atoms with Crippen LogP contribution in [0.15, 0.2) is 6.07 Å². The lowest BCUT2D eigenvalue weighted by atomic mass is 10.3. The maximum atomic E-state index is 9.15. The van der Waals surface area contributed by atoms with Crippen molar-refractivity contribution in [1.29, 1.82) is 0 Å². The molecule has 1 aliphatic carbocycles. The number of hydrogen-bond donors (Lipinski definition) is 2. The van der Waals surface area contributed by atoms with Gasteiger partial charge in [0.05, 0.1) is 12.1 Å². The number of anilines is 1. The van der Waals surface area contributed by atoms with Gasteiger partial charge in [0.2, 0.25) is 0 Å². The number of aliphatic hydroxyl groups is 1. The van der Waals surface area contributed by atoms with Crippen LogP contribution in [0.3, 0.4) is 0 Å². The minimum absolute atomic E-state index is 0.104. The van der Waals surface area contributed by atoms with Crippen LogP contribution in [0.4, 0.5) is 5.82 Å². The molecule has 14 heavy (non-hydrogen) atoms. The minimum Gasteiger partial charge on any atom is -0.394 e. The SMILES string of the molecule is Cc1cc(NC2(CO)CC2)nc(C)n1. The third kappa shape index (κ3) is 1.85. The van der Waals surface area contributed by atoms with Gasteiger partial charge >= 0.3 is 0 Å². The molecule has 2 rings (SSSR count). The molecule has 1 aromatic heterocycles. The predicted molar refractivity (Wildman–Crippen MR) is 54.2 cm³/mol. The van der Waals surface area contributed by atoms with E-state index in [4.69, 9.17) is 5.11 Å². The maximum Gasteiger partial charge on any atom is 0.130 e. The van der Waals surface area contributed by atoms with E-state index in [9.17, 15) is 0 Å². The second kappa shape index (κ2) is 3.20. The van der Waals surface area contributed by atoms with E-state index < -0.39 is 0 Å². The molecule has 76 valence electrons. The zero-order chi connectivity index (χ0) is 10.2. The first-order valence-corrected chi connectivity index (χ1v) is 4.85. The van der Waals surface area contributed by atoms with Crippen LogP contribution in [0, 0.1) is 13.8 Å². The van der Waals surface area contributed by atoms with Crippen molar-refractivity contribution in [3.8, 4) is 0 Å². The van der Waals surface area contributed by atoms with Crippen LogP contribution >= 0.6 is 0 Å². The second-order valence-electron chi connectivity index (χ2n) is 4.01. The van der Waals surface area contributed by atoms with Gasteiger partial charge in [-0.2, -0.15) is 0 Å². The lowest BCUT2D eigenvalue weighted by Crippen LogP contribution is -2.26. The number of hydrogen-bond acceptors (Lipinski definition) is 4. The van der Waals surface area contributed by atoms with Gasteiger partial charge in [0.15, 0.2) is 0 Å². The van der Waals surface area contributed by atoms with Crippen LogP contribution in [0.25, 0.3) is 0 Å². The van der Waals surface area contributed by atoms with Gasteiger partial charge in [-0.05, 0) is 26.7 Å². The molecule has 2 N–H and O–H groups in total. The van der Waals surface area contributed by atoms with Crippen molar-refractivity contribution < 1.29 is 5.11 Å². The molecule has 1 heterocycles. The first-order chi connectivity index (χ1) is 6.63. The molecular weight excluding hydrogens is 178 g/mol. The topological polar surface area (TPSA) is 58.0 Å². The van der Waals surface area contributed by atoms with E-state index in [2.05, 4.69) is 15.3 Å². The predicted octanol–water partition coefficient (Wildman–Crippen LogP) is 1.03. The van der Waals surface area contributed by atoms with E-state index in [-0.39, 0.29) is 12.1 Å². The third-order valence-corrected chi connectivity index (χ3v) is 2.52. The molecule has 0 atom stereocenters. The Balaban J connectivity index is 2.16. The number of nitrogens with zero attached hydrogens (tertiary/aromatic N) is 2. The van der Waals surface area contributed by atoms with Crippen molar-refractivity contribution in [2.24, 2.45) is 0 Å². The van der Waals surface area contributed by atoms with E-state index in [1.807, 2.05) is 19.9 Å². The fourth-order valence-corrected chi connectivity index (χ4v) is 1.53. The van der Waals surface area contributed by atoms with Crippen molar-refractivity contribution in [2.45, 2.75) is 32.2 Å². The summed E-state index contributed by atoms with van der Waals surface area (Å²) in [6.45, 7) is 3.99. The van der Waals surface area contributed by atoms with Gasteiger partial charge in [0, 0.05) is 11.8 Å². The highest BCUT2D eigenvalue weighted by Crippen LogP contribution is 2.37. The number of aliphatic hydroxyl groups excluding tert-OH is 1. The number of nitrogens with one attached hydrogen (secondary N) is 1. The summed E-state index contributed by atoms with van der Waals surface area (Å²) < 4.78 is 0. The van der Waals surface area contributed by atoms with Crippen molar-refractivity contribution in [2.75, 3.05) is 11.9 Å². The van der Waals surface area contributed by atoms with Crippen LogP contribution in [0.1, 0.15) is 24.4 Å². The Labute approximate surface area is 83.4 Å². The molecule has 1 aromatic rings. The summed E-state index contributed by atoms with van der Waals surface area (Å²) in [5.41, 5.74) is 0.849. The summed E-state index contributed by atoms with van der Waals surface area (Å²) in [4.78, 5) is 8.47. The van der Waals surface area contributed by atoms with E-state index in [0.717, 1.165) is 30.2 Å². The van der Waals surface area contributed by atoms with E-state index >= 15 is 0 Å². The molecule has 0 spiro atoms. The Morgan fingerprint density at radius 1 is 1.43 bits per heavy atom. The number of aromatic nitrogens is 2. The molecule has 0 bridgehead atoms. The van der Waals surface area contributed by atoms with E-state index in [1.165, 1.54) is 0 Å². The summed E-state index contributed by atoms with van der Waals surface area (Å²) >= 11 is 0. The van der Waals surface area contributed by atoms with Gasteiger partial charge in [-0.3, -0.25) is 0 Å². The maximum absolute atomic E-state index is 9.15. The molecule has 4 heteroatoms. The summed E-state index contributed by atoms with van der Waals surface area (Å²) in [5, 5.41) is 12.4. The van der Waals surface area contributed by atoms with Crippen LogP contribution in [0.5, 0.6) is 0 Å². The summed E-state index contributed by atoms with van der Waals surface area (Å²) in [6, 6.07) is 1.91. The third-order valence-electron chi connectivity index (χ3n) is 2.52. The molecular formula is C10H15N3O. The standard InChI is InChI=1S/C10H15N3O/c1-7-5-9(12-8(2)11-7)13-10(6-14)3-4-10/h5,14H,3-4,6H2,1-2H3,(H,11,12,13). The molecule has 1 saturated carbocycles. The van der Waals surface area contributed by atoms with Crippen molar-refractivity contribution in [3.05, 3.63) is 17.6 Å². The second-order valence-corrected chi connectivity index (χ2v) is 4.01. The molecule has 1 fully saturated rings. The summed E-state index contributed by atoms with van der Waals surface area (Å²) in [6.07, 6.45) is 2.04. The molecule has 0 unspecified atom stereocenters. The smallest absolute Gasteiger partial charge is 0.130 e. The Morgan fingerprint density at radius 2 is 2.14 bits per heavy atom. The molecule has 0 aromatic carbocycles. The monoisotopic (exact) mass is 193 g/mol. The zero-order valence-electron chi connectivity index (χ0n) is 8.54. The van der Waals surface area contributed by atoms with Gasteiger partial charge in [0.25, 0.3) is 0 Å². The van der Waals surface area contributed by atoms with Crippen LogP contribution in [-0.4, -0.2) is 27.2 Å². The minimum atomic E-state index is -0.104. The first kappa shape index (κ1) is 9.40. The molecule has 1 aliphatic rings. The Bertz CT molecular complexity index is 327. The Kier molecular flexibility index (Phi) is 2.15. The highest BCUT2D eigenvalue weighted by molar-refractivity contribution is 5.41. The summed E-state index contributed by atoms with van der Waals surface area (Å²) in [7, 11) is 0. The number of rotatable bonds is 3. The molecule has 0 aliphatic heterocycles. The fourth-order valence-electron chi connectivity index (χ4n) is 1.53. The van der Waals surface area contributed by atoms with Crippen LogP contribution < -0.4 is 5.32 Å². The Hall–Kier alpha value is -1.16. The average Bonchev–Trinajstić information content (AvgIpc) is 2.83. The fraction of sp³-hybridized carbons (Fsp3) is 0.600. The molecule has 0 amide bonds. The van der Waals surface area contributed by atoms with E-state index in [1.54, 1.807) is 0 Å². The van der Waals surface area contributed by atoms with Gasteiger partial charge in [0.1, 0.15) is 11.6 Å². The molecule has 0 saturated heterocycles. The van der Waals surface area contributed by atoms with Crippen molar-refractivity contribution in [3.63, 3.8) is 0 Å². The van der Waals surface area contributed by atoms with Crippen LogP contribution in [0.2, 0.25) is 0 Å². The van der Waals surface area contributed by atoms with E-state index in [0.29, 0.717) is 0 Å². The molecule has 0 radical (unpaired) electrons. The number of aryl methyl sites for hydroxylation is 2. The van der Waals surface area contributed by atoms with Crippen LogP contribution in [-0.2, 0) is 0 Å². The highest BCUT2D eigenvalue weighted by Gasteiger charge is 2.42. The normalized spacial score (nSPS) is 17.9. The summed E-state index contributed by atoms with van der Waals surface area (Å²) in [5.74, 6) is 1.59. The van der Waals surface area contributed by atoms with Crippen molar-refractivity contribution in [1.82, 2.24) is 9.97 Å².